The highest BCUT2D eigenvalue weighted by Gasteiger charge is 2.50. The predicted octanol–water partition coefficient (Wildman–Crippen LogP) is 1.22. The van der Waals surface area contributed by atoms with E-state index in [1.807, 2.05) is 18.2 Å². The van der Waals surface area contributed by atoms with Gasteiger partial charge < -0.3 is 15.0 Å². The van der Waals surface area contributed by atoms with Crippen molar-refractivity contribution >= 4 is 11.6 Å². The van der Waals surface area contributed by atoms with E-state index >= 15 is 0 Å². The second kappa shape index (κ2) is 3.47. The molecule has 1 atom stereocenters. The van der Waals surface area contributed by atoms with Gasteiger partial charge in [-0.15, -0.1) is 0 Å². The molecule has 1 unspecified atom stereocenters. The molecule has 17 heavy (non-hydrogen) atoms. The maximum atomic E-state index is 12.2. The van der Waals surface area contributed by atoms with Crippen LogP contribution in [0, 0.1) is 0 Å². The molecule has 0 aromatic heterocycles. The van der Waals surface area contributed by atoms with E-state index in [2.05, 4.69) is 17.3 Å². The number of anilines is 1. The molecule has 2 aliphatic rings. The lowest BCUT2D eigenvalue weighted by molar-refractivity contribution is -0.120. The van der Waals surface area contributed by atoms with Gasteiger partial charge in [0.1, 0.15) is 5.75 Å². The SMILES string of the molecule is COc1ccc2c(c1)C1(CCN(C)C1)C(=O)N2. The van der Waals surface area contributed by atoms with Crippen LogP contribution in [0.25, 0.3) is 0 Å². The fourth-order valence-corrected chi connectivity index (χ4v) is 2.93. The van der Waals surface area contributed by atoms with E-state index in [0.717, 1.165) is 36.5 Å². The zero-order valence-corrected chi connectivity index (χ0v) is 10.1. The van der Waals surface area contributed by atoms with E-state index in [9.17, 15) is 4.79 Å². The van der Waals surface area contributed by atoms with Gasteiger partial charge in [-0.2, -0.15) is 0 Å². The van der Waals surface area contributed by atoms with Gasteiger partial charge in [0, 0.05) is 12.2 Å². The van der Waals surface area contributed by atoms with Gasteiger partial charge in [0.2, 0.25) is 5.91 Å². The summed E-state index contributed by atoms with van der Waals surface area (Å²) >= 11 is 0. The number of likely N-dealkylation sites (tertiary alicyclic amines) is 1. The summed E-state index contributed by atoms with van der Waals surface area (Å²) in [5.74, 6) is 0.944. The van der Waals surface area contributed by atoms with Crippen LogP contribution in [0.5, 0.6) is 5.75 Å². The molecule has 1 N–H and O–H groups in total. The number of nitrogens with one attached hydrogen (secondary N) is 1. The number of ether oxygens (including phenoxy) is 1. The number of carbonyl (C=O) groups is 1. The molecule has 2 aliphatic heterocycles. The Hall–Kier alpha value is -1.55. The summed E-state index contributed by atoms with van der Waals surface area (Å²) in [5, 5.41) is 2.98. The summed E-state index contributed by atoms with van der Waals surface area (Å²) < 4.78 is 5.25. The molecule has 1 aromatic rings. The molecule has 1 spiro atoms. The standard InChI is InChI=1S/C13H16N2O2/c1-15-6-5-13(8-15)10-7-9(17-2)3-4-11(10)14-12(13)16/h3-4,7H,5-6,8H2,1-2H3,(H,14,16). The average molecular weight is 232 g/mol. The third-order valence-corrected chi connectivity index (χ3v) is 3.89. The number of hydrogen-bond donors (Lipinski definition) is 1. The minimum absolute atomic E-state index is 0.130. The van der Waals surface area contributed by atoms with Crippen LogP contribution in [0.15, 0.2) is 18.2 Å². The largest absolute Gasteiger partial charge is 0.497 e. The molecule has 0 bridgehead atoms. The predicted molar refractivity (Wildman–Crippen MR) is 65.4 cm³/mol. The molecule has 0 saturated carbocycles. The number of carbonyl (C=O) groups excluding carboxylic acids is 1. The normalized spacial score (nSPS) is 27.3. The van der Waals surface area contributed by atoms with Gasteiger partial charge in [-0.1, -0.05) is 0 Å². The highest BCUT2D eigenvalue weighted by atomic mass is 16.5. The molecule has 0 radical (unpaired) electrons. The Labute approximate surface area is 101 Å². The first-order valence-corrected chi connectivity index (χ1v) is 5.84. The Morgan fingerprint density at radius 3 is 2.94 bits per heavy atom. The number of methoxy groups -OCH3 is 1. The first-order valence-electron chi connectivity index (χ1n) is 5.84. The molecule has 4 nitrogen and oxygen atoms in total. The van der Waals surface area contributed by atoms with Crippen LogP contribution in [0.1, 0.15) is 12.0 Å². The number of nitrogens with zero attached hydrogens (tertiary/aromatic N) is 1. The fraction of sp³-hybridized carbons (Fsp3) is 0.462. The topological polar surface area (TPSA) is 41.6 Å². The Balaban J connectivity index is 2.11. The third kappa shape index (κ3) is 1.37. The minimum atomic E-state index is -0.362. The average Bonchev–Trinajstić information content (AvgIpc) is 2.83. The van der Waals surface area contributed by atoms with Crippen molar-refractivity contribution in [2.24, 2.45) is 0 Å². The Morgan fingerprint density at radius 2 is 2.29 bits per heavy atom. The van der Waals surface area contributed by atoms with Crippen molar-refractivity contribution in [3.05, 3.63) is 23.8 Å². The van der Waals surface area contributed by atoms with Crippen molar-refractivity contribution in [1.29, 1.82) is 0 Å². The Morgan fingerprint density at radius 1 is 1.47 bits per heavy atom. The fourth-order valence-electron chi connectivity index (χ4n) is 2.93. The number of amides is 1. The summed E-state index contributed by atoms with van der Waals surface area (Å²) in [7, 11) is 3.71. The third-order valence-electron chi connectivity index (χ3n) is 3.89. The monoisotopic (exact) mass is 232 g/mol. The molecule has 1 fully saturated rings. The molecule has 4 heteroatoms. The number of likely N-dealkylation sites (N-methyl/N-ethyl adjacent to an activating group) is 1. The van der Waals surface area contributed by atoms with Gasteiger partial charge in [-0.3, -0.25) is 4.79 Å². The van der Waals surface area contributed by atoms with E-state index in [1.165, 1.54) is 0 Å². The molecule has 3 rings (SSSR count). The van der Waals surface area contributed by atoms with Crippen LogP contribution in [0.3, 0.4) is 0 Å². The number of hydrogen-bond acceptors (Lipinski definition) is 3. The van der Waals surface area contributed by atoms with Crippen molar-refractivity contribution in [3.63, 3.8) is 0 Å². The Bertz CT molecular complexity index is 486. The first-order chi connectivity index (χ1) is 8.15. The lowest BCUT2D eigenvalue weighted by atomic mass is 9.81. The summed E-state index contributed by atoms with van der Waals surface area (Å²) in [6.45, 7) is 1.75. The van der Waals surface area contributed by atoms with Crippen LogP contribution < -0.4 is 10.1 Å². The molecule has 1 aromatic carbocycles. The van der Waals surface area contributed by atoms with Crippen LogP contribution >= 0.6 is 0 Å². The van der Waals surface area contributed by atoms with E-state index < -0.39 is 0 Å². The van der Waals surface area contributed by atoms with Crippen molar-refractivity contribution < 1.29 is 9.53 Å². The van der Waals surface area contributed by atoms with Gasteiger partial charge >= 0.3 is 0 Å². The van der Waals surface area contributed by atoms with Crippen molar-refractivity contribution in [3.8, 4) is 5.75 Å². The molecule has 90 valence electrons. The second-order valence-electron chi connectivity index (χ2n) is 4.94. The van der Waals surface area contributed by atoms with Gasteiger partial charge in [0.15, 0.2) is 0 Å². The smallest absolute Gasteiger partial charge is 0.236 e. The van der Waals surface area contributed by atoms with Crippen LogP contribution in [-0.2, 0) is 10.2 Å². The highest BCUT2D eigenvalue weighted by molar-refractivity contribution is 6.06. The van der Waals surface area contributed by atoms with Crippen LogP contribution in [0.2, 0.25) is 0 Å². The molecular formula is C13H16N2O2. The van der Waals surface area contributed by atoms with Crippen molar-refractivity contribution in [2.45, 2.75) is 11.8 Å². The molecule has 1 amide bonds. The maximum absolute atomic E-state index is 12.2. The molecule has 1 saturated heterocycles. The van der Waals surface area contributed by atoms with Gasteiger partial charge in [-0.05, 0) is 43.8 Å². The summed E-state index contributed by atoms with van der Waals surface area (Å²) in [6.07, 6.45) is 0.884. The minimum Gasteiger partial charge on any atom is -0.497 e. The summed E-state index contributed by atoms with van der Waals surface area (Å²) in [6, 6.07) is 5.81. The zero-order valence-electron chi connectivity index (χ0n) is 10.1. The second-order valence-corrected chi connectivity index (χ2v) is 4.94. The Kier molecular flexibility index (Phi) is 2.16. The van der Waals surface area contributed by atoms with E-state index in [-0.39, 0.29) is 11.3 Å². The molecular weight excluding hydrogens is 216 g/mol. The van der Waals surface area contributed by atoms with E-state index in [4.69, 9.17) is 4.74 Å². The quantitative estimate of drug-likeness (QED) is 0.791. The van der Waals surface area contributed by atoms with Crippen LogP contribution in [-0.4, -0.2) is 38.1 Å². The van der Waals surface area contributed by atoms with E-state index in [0.29, 0.717) is 0 Å². The van der Waals surface area contributed by atoms with E-state index in [1.54, 1.807) is 7.11 Å². The molecule has 0 aliphatic carbocycles. The maximum Gasteiger partial charge on any atom is 0.236 e. The van der Waals surface area contributed by atoms with Gasteiger partial charge in [0.25, 0.3) is 0 Å². The number of fused-ring (bicyclic) bond motifs is 2. The summed E-state index contributed by atoms with van der Waals surface area (Å²) in [4.78, 5) is 14.4. The highest BCUT2D eigenvalue weighted by Crippen LogP contribution is 2.45. The van der Waals surface area contributed by atoms with Gasteiger partial charge in [-0.25, -0.2) is 0 Å². The number of benzene rings is 1. The van der Waals surface area contributed by atoms with Gasteiger partial charge in [0.05, 0.1) is 12.5 Å². The number of rotatable bonds is 1. The lowest BCUT2D eigenvalue weighted by Gasteiger charge is -2.21. The van der Waals surface area contributed by atoms with Crippen LogP contribution in [0.4, 0.5) is 5.69 Å². The molecule has 2 heterocycles. The van der Waals surface area contributed by atoms with Crippen molar-refractivity contribution in [1.82, 2.24) is 4.90 Å². The lowest BCUT2D eigenvalue weighted by Crippen LogP contribution is -2.36. The first kappa shape index (κ1) is 10.6. The zero-order chi connectivity index (χ0) is 12.0. The summed E-state index contributed by atoms with van der Waals surface area (Å²) in [5.41, 5.74) is 1.66. The van der Waals surface area contributed by atoms with Crippen molar-refractivity contribution in [2.75, 3.05) is 32.6 Å².